The van der Waals surface area contributed by atoms with Crippen LogP contribution in [0.5, 0.6) is 5.75 Å². The highest BCUT2D eigenvalue weighted by atomic mass is 32.2. The summed E-state index contributed by atoms with van der Waals surface area (Å²) in [5, 5.41) is 2.78. The first-order valence-corrected chi connectivity index (χ1v) is 9.29. The molecule has 2 aromatic rings. The smallest absolute Gasteiger partial charge is 0.341 e. The number of aryl methyl sites for hydroxylation is 1. The molecular weight excluding hydrogens is 364 g/mol. The lowest BCUT2D eigenvalue weighted by atomic mass is 10.0. The third-order valence-electron chi connectivity index (χ3n) is 3.88. The van der Waals surface area contributed by atoms with E-state index >= 15 is 0 Å². The van der Waals surface area contributed by atoms with Crippen molar-refractivity contribution in [2.24, 2.45) is 0 Å². The molecular formula is C18H19F2NO4S. The van der Waals surface area contributed by atoms with E-state index in [2.05, 4.69) is 5.32 Å². The van der Waals surface area contributed by atoms with Crippen molar-refractivity contribution in [1.82, 2.24) is 5.32 Å². The molecule has 0 aliphatic carbocycles. The van der Waals surface area contributed by atoms with Crippen molar-refractivity contribution < 1.29 is 26.7 Å². The van der Waals surface area contributed by atoms with E-state index < -0.39 is 26.4 Å². The molecule has 0 aliphatic rings. The molecule has 5 nitrogen and oxygen atoms in total. The Morgan fingerprint density at radius 2 is 1.73 bits per heavy atom. The second-order valence-corrected chi connectivity index (χ2v) is 7.69. The second-order valence-electron chi connectivity index (χ2n) is 5.77. The number of alkyl halides is 2. The summed E-state index contributed by atoms with van der Waals surface area (Å²) >= 11 is 0. The Hall–Kier alpha value is -2.48. The summed E-state index contributed by atoms with van der Waals surface area (Å²) in [6, 6.07) is 9.60. The summed E-state index contributed by atoms with van der Waals surface area (Å²) in [6.45, 7) is 3.70. The van der Waals surface area contributed by atoms with E-state index in [9.17, 15) is 22.0 Å². The third kappa shape index (κ3) is 4.19. The third-order valence-corrected chi connectivity index (χ3v) is 5.28. The van der Waals surface area contributed by atoms with Crippen LogP contribution in [0.2, 0.25) is 0 Å². The zero-order valence-electron chi connectivity index (χ0n) is 14.5. The highest BCUT2D eigenvalue weighted by molar-refractivity contribution is 7.91. The fourth-order valence-corrected chi connectivity index (χ4v) is 3.17. The van der Waals surface area contributed by atoms with Crippen LogP contribution in [0.1, 0.15) is 34.5 Å². The van der Waals surface area contributed by atoms with Crippen molar-refractivity contribution in [1.29, 1.82) is 0 Å². The molecule has 0 heterocycles. The molecule has 0 radical (unpaired) electrons. The normalized spacial score (nSPS) is 12.7. The maximum absolute atomic E-state index is 12.5. The van der Waals surface area contributed by atoms with Gasteiger partial charge in [-0.2, -0.15) is 8.78 Å². The number of methoxy groups -OCH3 is 1. The predicted octanol–water partition coefficient (Wildman–Crippen LogP) is 3.49. The highest BCUT2D eigenvalue weighted by Gasteiger charge is 2.26. The van der Waals surface area contributed by atoms with Crippen molar-refractivity contribution in [2.45, 2.75) is 30.5 Å². The molecule has 2 rings (SSSR count). The van der Waals surface area contributed by atoms with Gasteiger partial charge in [0, 0.05) is 11.1 Å². The standard InChI is InChI=1S/C18H19F2NO4S/c1-11-4-9-16(25-3)15(10-11)12(2)21-17(22)13-5-7-14(8-6-13)26(23,24)18(19)20/h4-10,12,18H,1-3H3,(H,21,22)/t12-/m0/s1. The number of amides is 1. The summed E-state index contributed by atoms with van der Waals surface area (Å²) in [5.41, 5.74) is 1.96. The fraction of sp³-hybridized carbons (Fsp3) is 0.278. The Labute approximate surface area is 150 Å². The zero-order chi connectivity index (χ0) is 19.5. The first kappa shape index (κ1) is 19.8. The van der Waals surface area contributed by atoms with Crippen LogP contribution in [0.15, 0.2) is 47.4 Å². The highest BCUT2D eigenvalue weighted by Crippen LogP contribution is 2.26. The quantitative estimate of drug-likeness (QED) is 0.829. The summed E-state index contributed by atoms with van der Waals surface area (Å²) in [4.78, 5) is 11.8. The molecule has 1 atom stereocenters. The van der Waals surface area contributed by atoms with E-state index in [1.165, 1.54) is 19.2 Å². The van der Waals surface area contributed by atoms with Crippen LogP contribution in [0.4, 0.5) is 8.78 Å². The molecule has 26 heavy (non-hydrogen) atoms. The zero-order valence-corrected chi connectivity index (χ0v) is 15.3. The van der Waals surface area contributed by atoms with Gasteiger partial charge in [-0.05, 0) is 44.2 Å². The van der Waals surface area contributed by atoms with Gasteiger partial charge < -0.3 is 10.1 Å². The molecule has 0 unspecified atom stereocenters. The van der Waals surface area contributed by atoms with Crippen molar-refractivity contribution in [3.8, 4) is 5.75 Å². The summed E-state index contributed by atoms with van der Waals surface area (Å²) < 4.78 is 53.2. The lowest BCUT2D eigenvalue weighted by molar-refractivity contribution is 0.0939. The number of rotatable bonds is 6. The molecule has 0 saturated heterocycles. The maximum Gasteiger partial charge on any atom is 0.341 e. The van der Waals surface area contributed by atoms with Gasteiger partial charge in [-0.1, -0.05) is 17.7 Å². The number of hydrogen-bond acceptors (Lipinski definition) is 4. The summed E-state index contributed by atoms with van der Waals surface area (Å²) in [6.07, 6.45) is 0. The largest absolute Gasteiger partial charge is 0.496 e. The molecule has 0 fully saturated rings. The average Bonchev–Trinajstić information content (AvgIpc) is 2.61. The number of sulfone groups is 1. The van der Waals surface area contributed by atoms with E-state index in [1.54, 1.807) is 13.0 Å². The minimum Gasteiger partial charge on any atom is -0.496 e. The van der Waals surface area contributed by atoms with Crippen molar-refractivity contribution in [3.05, 3.63) is 59.2 Å². The van der Waals surface area contributed by atoms with Gasteiger partial charge in [0.2, 0.25) is 9.84 Å². The summed E-state index contributed by atoms with van der Waals surface area (Å²) in [5.74, 6) is -3.33. The molecule has 140 valence electrons. The van der Waals surface area contributed by atoms with Crippen molar-refractivity contribution in [3.63, 3.8) is 0 Å². The van der Waals surface area contributed by atoms with Gasteiger partial charge in [0.25, 0.3) is 5.91 Å². The van der Waals surface area contributed by atoms with E-state index in [4.69, 9.17) is 4.74 Å². The Morgan fingerprint density at radius 1 is 1.12 bits per heavy atom. The van der Waals surface area contributed by atoms with E-state index in [-0.39, 0.29) is 11.6 Å². The fourth-order valence-electron chi connectivity index (χ4n) is 2.45. The van der Waals surface area contributed by atoms with Gasteiger partial charge in [0.15, 0.2) is 0 Å². The van der Waals surface area contributed by atoms with E-state index in [0.717, 1.165) is 23.3 Å². The number of benzene rings is 2. The number of nitrogens with one attached hydrogen (secondary N) is 1. The van der Waals surface area contributed by atoms with Gasteiger partial charge in [-0.15, -0.1) is 0 Å². The van der Waals surface area contributed by atoms with Gasteiger partial charge in [0.05, 0.1) is 18.0 Å². The van der Waals surface area contributed by atoms with Crippen LogP contribution in [0.3, 0.4) is 0 Å². The molecule has 0 saturated carbocycles. The number of carbonyl (C=O) groups is 1. The maximum atomic E-state index is 12.5. The minimum absolute atomic E-state index is 0.164. The van der Waals surface area contributed by atoms with E-state index in [1.807, 2.05) is 19.1 Å². The van der Waals surface area contributed by atoms with Crippen LogP contribution >= 0.6 is 0 Å². The number of halogens is 2. The first-order chi connectivity index (χ1) is 12.2. The van der Waals surface area contributed by atoms with Gasteiger partial charge in [0.1, 0.15) is 5.75 Å². The number of carbonyl (C=O) groups excluding carboxylic acids is 1. The van der Waals surface area contributed by atoms with Crippen LogP contribution in [0.25, 0.3) is 0 Å². The second kappa shape index (κ2) is 7.82. The Balaban J connectivity index is 2.19. The molecule has 0 bridgehead atoms. The SMILES string of the molecule is COc1ccc(C)cc1[C@H](C)NC(=O)c1ccc(S(=O)(=O)C(F)F)cc1. The van der Waals surface area contributed by atoms with Crippen molar-refractivity contribution >= 4 is 15.7 Å². The molecule has 0 aromatic heterocycles. The Kier molecular flexibility index (Phi) is 5.97. The van der Waals surface area contributed by atoms with Crippen molar-refractivity contribution in [2.75, 3.05) is 7.11 Å². The molecule has 0 aliphatic heterocycles. The molecule has 1 N–H and O–H groups in total. The monoisotopic (exact) mass is 383 g/mol. The predicted molar refractivity (Wildman–Crippen MR) is 93.2 cm³/mol. The molecule has 8 heteroatoms. The molecule has 2 aromatic carbocycles. The van der Waals surface area contributed by atoms with Crippen LogP contribution in [0, 0.1) is 6.92 Å². The Bertz CT molecular complexity index is 896. The molecule has 0 spiro atoms. The minimum atomic E-state index is -4.68. The lowest BCUT2D eigenvalue weighted by Crippen LogP contribution is -2.27. The lowest BCUT2D eigenvalue weighted by Gasteiger charge is -2.18. The number of hydrogen-bond donors (Lipinski definition) is 1. The summed E-state index contributed by atoms with van der Waals surface area (Å²) in [7, 11) is -3.15. The van der Waals surface area contributed by atoms with Gasteiger partial charge >= 0.3 is 5.76 Å². The molecule has 1 amide bonds. The van der Waals surface area contributed by atoms with E-state index in [0.29, 0.717) is 5.75 Å². The van der Waals surface area contributed by atoms with Crippen LogP contribution in [-0.4, -0.2) is 27.2 Å². The topological polar surface area (TPSA) is 72.5 Å². The Morgan fingerprint density at radius 3 is 2.27 bits per heavy atom. The van der Waals surface area contributed by atoms with Gasteiger partial charge in [-0.3, -0.25) is 4.79 Å². The first-order valence-electron chi connectivity index (χ1n) is 7.74. The van der Waals surface area contributed by atoms with Crippen LogP contribution < -0.4 is 10.1 Å². The average molecular weight is 383 g/mol. The van der Waals surface area contributed by atoms with Gasteiger partial charge in [-0.25, -0.2) is 8.42 Å². The number of ether oxygens (including phenoxy) is 1. The van der Waals surface area contributed by atoms with Crippen LogP contribution in [-0.2, 0) is 9.84 Å².